The number of carbonyl (C=O) groups is 2. The maximum absolute atomic E-state index is 12.3. The normalized spacial score (nSPS) is 11.7. The zero-order valence-corrected chi connectivity index (χ0v) is 15.9. The number of carbonyl (C=O) groups excluding carboxylic acids is 2. The molecule has 0 fully saturated rings. The fourth-order valence-corrected chi connectivity index (χ4v) is 2.95. The Balaban J connectivity index is 1.70. The number of methoxy groups -OCH3 is 1. The highest BCUT2D eigenvalue weighted by atomic mass is 16.5. The standard InChI is InChI=1S/C20H22N4O4/c1-13-11-14(2)24(23-13)16(18-9-6-10-28-18)12-21-19(25)20(26)22-15-7-4-5-8-17(15)27-3/h4-11,16H,12H2,1-3H3,(H,21,25)(H,22,26). The van der Waals surface area contributed by atoms with Gasteiger partial charge in [0.1, 0.15) is 17.6 Å². The molecule has 1 unspecified atom stereocenters. The first-order valence-corrected chi connectivity index (χ1v) is 8.78. The van der Waals surface area contributed by atoms with Gasteiger partial charge in [0.25, 0.3) is 0 Å². The zero-order chi connectivity index (χ0) is 20.1. The number of aryl methyl sites for hydroxylation is 2. The van der Waals surface area contributed by atoms with Crippen LogP contribution in [0.25, 0.3) is 0 Å². The van der Waals surface area contributed by atoms with Crippen LogP contribution in [0.15, 0.2) is 53.1 Å². The van der Waals surface area contributed by atoms with Crippen LogP contribution < -0.4 is 15.4 Å². The summed E-state index contributed by atoms with van der Waals surface area (Å²) in [4.78, 5) is 24.6. The molecule has 0 aliphatic rings. The van der Waals surface area contributed by atoms with Crippen molar-refractivity contribution in [2.75, 3.05) is 19.0 Å². The molecule has 28 heavy (non-hydrogen) atoms. The lowest BCUT2D eigenvalue weighted by atomic mass is 10.2. The van der Waals surface area contributed by atoms with E-state index < -0.39 is 11.8 Å². The van der Waals surface area contributed by atoms with Gasteiger partial charge < -0.3 is 19.8 Å². The largest absolute Gasteiger partial charge is 0.495 e. The van der Waals surface area contributed by atoms with E-state index in [1.165, 1.54) is 7.11 Å². The van der Waals surface area contributed by atoms with Crippen molar-refractivity contribution in [1.82, 2.24) is 15.1 Å². The van der Waals surface area contributed by atoms with E-state index >= 15 is 0 Å². The van der Waals surface area contributed by atoms with E-state index in [1.807, 2.05) is 26.0 Å². The third-order valence-electron chi connectivity index (χ3n) is 4.23. The van der Waals surface area contributed by atoms with Crippen LogP contribution in [0.1, 0.15) is 23.2 Å². The van der Waals surface area contributed by atoms with Gasteiger partial charge in [-0.3, -0.25) is 14.3 Å². The molecule has 2 aromatic heterocycles. The van der Waals surface area contributed by atoms with Crippen molar-refractivity contribution >= 4 is 17.5 Å². The van der Waals surface area contributed by atoms with Crippen molar-refractivity contribution in [3.63, 3.8) is 0 Å². The first-order chi connectivity index (χ1) is 13.5. The fraction of sp³-hybridized carbons (Fsp3) is 0.250. The number of ether oxygens (including phenoxy) is 1. The van der Waals surface area contributed by atoms with E-state index in [4.69, 9.17) is 9.15 Å². The maximum Gasteiger partial charge on any atom is 0.313 e. The zero-order valence-electron chi connectivity index (χ0n) is 15.9. The van der Waals surface area contributed by atoms with Crippen molar-refractivity contribution in [2.24, 2.45) is 0 Å². The van der Waals surface area contributed by atoms with Crippen molar-refractivity contribution < 1.29 is 18.7 Å². The van der Waals surface area contributed by atoms with Crippen LogP contribution in [0.2, 0.25) is 0 Å². The highest BCUT2D eigenvalue weighted by molar-refractivity contribution is 6.39. The number of nitrogens with one attached hydrogen (secondary N) is 2. The summed E-state index contributed by atoms with van der Waals surface area (Å²) in [5.41, 5.74) is 2.20. The minimum absolute atomic E-state index is 0.146. The third kappa shape index (κ3) is 4.22. The molecule has 2 N–H and O–H groups in total. The van der Waals surface area contributed by atoms with E-state index in [0.29, 0.717) is 17.2 Å². The minimum Gasteiger partial charge on any atom is -0.495 e. The summed E-state index contributed by atoms with van der Waals surface area (Å²) >= 11 is 0. The van der Waals surface area contributed by atoms with Crippen LogP contribution >= 0.6 is 0 Å². The Kier molecular flexibility index (Phi) is 5.78. The molecule has 0 bridgehead atoms. The number of nitrogens with zero attached hydrogens (tertiary/aromatic N) is 2. The second-order valence-electron chi connectivity index (χ2n) is 6.27. The van der Waals surface area contributed by atoms with E-state index in [-0.39, 0.29) is 12.6 Å². The average molecular weight is 382 g/mol. The maximum atomic E-state index is 12.3. The third-order valence-corrected chi connectivity index (χ3v) is 4.23. The summed E-state index contributed by atoms with van der Waals surface area (Å²) in [7, 11) is 1.49. The van der Waals surface area contributed by atoms with Gasteiger partial charge in [0.05, 0.1) is 24.8 Å². The van der Waals surface area contributed by atoms with Gasteiger partial charge in [-0.2, -0.15) is 5.10 Å². The molecule has 0 saturated heterocycles. The number of rotatable bonds is 6. The van der Waals surface area contributed by atoms with Gasteiger partial charge in [0, 0.05) is 12.2 Å². The Bertz CT molecular complexity index is 963. The van der Waals surface area contributed by atoms with Gasteiger partial charge >= 0.3 is 11.8 Å². The molecule has 0 spiro atoms. The average Bonchev–Trinajstić information content (AvgIpc) is 3.32. The smallest absolute Gasteiger partial charge is 0.313 e. The molecule has 2 amide bonds. The fourth-order valence-electron chi connectivity index (χ4n) is 2.95. The van der Waals surface area contributed by atoms with Gasteiger partial charge in [0.15, 0.2) is 0 Å². The summed E-state index contributed by atoms with van der Waals surface area (Å²) in [6.07, 6.45) is 1.56. The van der Waals surface area contributed by atoms with Crippen LogP contribution in [-0.4, -0.2) is 35.2 Å². The molecule has 0 aliphatic heterocycles. The Hall–Kier alpha value is -3.55. The number of para-hydroxylation sites is 2. The molecule has 0 radical (unpaired) electrons. The molecule has 8 nitrogen and oxygen atoms in total. The Morgan fingerprint density at radius 2 is 1.96 bits per heavy atom. The lowest BCUT2D eigenvalue weighted by molar-refractivity contribution is -0.136. The number of furan rings is 1. The number of aromatic nitrogens is 2. The molecule has 8 heteroatoms. The molecule has 1 aromatic carbocycles. The van der Waals surface area contributed by atoms with E-state index in [0.717, 1.165) is 11.4 Å². The summed E-state index contributed by atoms with van der Waals surface area (Å²) in [5.74, 6) is -0.434. The van der Waals surface area contributed by atoms with Gasteiger partial charge in [-0.15, -0.1) is 0 Å². The monoisotopic (exact) mass is 382 g/mol. The number of hydrogen-bond donors (Lipinski definition) is 2. The number of benzene rings is 1. The molecule has 1 atom stereocenters. The first-order valence-electron chi connectivity index (χ1n) is 8.78. The highest BCUT2D eigenvalue weighted by Gasteiger charge is 2.23. The van der Waals surface area contributed by atoms with Crippen LogP contribution in [0.3, 0.4) is 0 Å². The summed E-state index contributed by atoms with van der Waals surface area (Å²) in [6, 6.07) is 12.0. The Morgan fingerprint density at radius 1 is 1.18 bits per heavy atom. The van der Waals surface area contributed by atoms with Crippen LogP contribution in [0, 0.1) is 13.8 Å². The summed E-state index contributed by atoms with van der Waals surface area (Å²) < 4.78 is 12.5. The predicted octanol–water partition coefficient (Wildman–Crippen LogP) is 2.45. The number of hydrogen-bond acceptors (Lipinski definition) is 5. The molecule has 146 valence electrons. The number of anilines is 1. The highest BCUT2D eigenvalue weighted by Crippen LogP contribution is 2.23. The van der Waals surface area contributed by atoms with Crippen molar-refractivity contribution in [3.8, 4) is 5.75 Å². The van der Waals surface area contributed by atoms with E-state index in [2.05, 4.69) is 15.7 Å². The van der Waals surface area contributed by atoms with Crippen LogP contribution in [0.5, 0.6) is 5.75 Å². The van der Waals surface area contributed by atoms with E-state index in [1.54, 1.807) is 41.3 Å². The molecule has 3 rings (SSSR count). The lowest BCUT2D eigenvalue weighted by Crippen LogP contribution is -2.39. The van der Waals surface area contributed by atoms with Gasteiger partial charge in [-0.1, -0.05) is 12.1 Å². The minimum atomic E-state index is -0.781. The van der Waals surface area contributed by atoms with Crippen molar-refractivity contribution in [1.29, 1.82) is 0 Å². The van der Waals surface area contributed by atoms with Gasteiger partial charge in [-0.05, 0) is 44.2 Å². The van der Waals surface area contributed by atoms with Crippen LogP contribution in [-0.2, 0) is 9.59 Å². The van der Waals surface area contributed by atoms with Gasteiger partial charge in [-0.25, -0.2) is 0 Å². The van der Waals surface area contributed by atoms with Crippen molar-refractivity contribution in [2.45, 2.75) is 19.9 Å². The Labute approximate surface area is 162 Å². The molecule has 0 saturated carbocycles. The summed E-state index contributed by atoms with van der Waals surface area (Å²) in [5, 5.41) is 9.67. The van der Waals surface area contributed by atoms with Crippen molar-refractivity contribution in [3.05, 3.63) is 65.9 Å². The second kappa shape index (κ2) is 8.43. The van der Waals surface area contributed by atoms with Gasteiger partial charge in [0.2, 0.25) is 0 Å². The molecule has 0 aliphatic carbocycles. The first kappa shape index (κ1) is 19.2. The SMILES string of the molecule is COc1ccccc1NC(=O)C(=O)NCC(c1ccco1)n1nc(C)cc1C. The molecular weight excluding hydrogens is 360 g/mol. The number of amides is 2. The Morgan fingerprint density at radius 3 is 2.61 bits per heavy atom. The topological polar surface area (TPSA) is 98.4 Å². The lowest BCUT2D eigenvalue weighted by Gasteiger charge is -2.18. The molecule has 2 heterocycles. The van der Waals surface area contributed by atoms with E-state index in [9.17, 15) is 9.59 Å². The summed E-state index contributed by atoms with van der Waals surface area (Å²) in [6.45, 7) is 3.96. The molecular formula is C20H22N4O4. The predicted molar refractivity (Wildman–Crippen MR) is 103 cm³/mol. The quantitative estimate of drug-likeness (QED) is 0.638. The second-order valence-corrected chi connectivity index (χ2v) is 6.27. The van der Waals surface area contributed by atoms with Crippen LogP contribution in [0.4, 0.5) is 5.69 Å². The molecule has 3 aromatic rings.